The summed E-state index contributed by atoms with van der Waals surface area (Å²) in [5, 5.41) is 12.4. The van der Waals surface area contributed by atoms with Crippen LogP contribution in [0.15, 0.2) is 158 Å². The molecule has 0 bridgehead atoms. The van der Waals surface area contributed by atoms with E-state index in [0.29, 0.717) is 0 Å². The van der Waals surface area contributed by atoms with Gasteiger partial charge in [0.1, 0.15) is 11.5 Å². The monoisotopic (exact) mass is 570 g/mol. The molecule has 0 saturated carbocycles. The van der Waals surface area contributed by atoms with Gasteiger partial charge in [-0.25, -0.2) is 0 Å². The average molecular weight is 571 g/mol. The van der Waals surface area contributed by atoms with E-state index in [1.807, 2.05) is 0 Å². The Hall–Kier alpha value is -5.92. The first kappa shape index (κ1) is 24.5. The first-order valence-corrected chi connectivity index (χ1v) is 15.5. The zero-order chi connectivity index (χ0) is 29.5. The molecule has 9 aromatic rings. The van der Waals surface area contributed by atoms with Gasteiger partial charge in [0.15, 0.2) is 0 Å². The van der Waals surface area contributed by atoms with E-state index in [9.17, 15) is 0 Å². The molecule has 1 heterocycles. The van der Waals surface area contributed by atoms with Gasteiger partial charge in [0.05, 0.1) is 0 Å². The summed E-state index contributed by atoms with van der Waals surface area (Å²) < 4.78 is 6.62. The van der Waals surface area contributed by atoms with Gasteiger partial charge in [-0.1, -0.05) is 133 Å². The molecule has 1 aliphatic heterocycles. The zero-order valence-electron chi connectivity index (χ0n) is 24.4. The number of fused-ring (bicyclic) bond motifs is 8. The number of benzene rings is 9. The standard InChI is InChI=1S/C44H26O/c1-2-10-27(11-3-1)42-33-16-7-5-12-29(33)25-39-37(42)22-20-28-14-8-17-34(43(28)39)31-21-23-40-38(24-31)36-19-9-18-35-32-15-6-4-13-30(32)26-41(45-40)44(35)36/h1-26H. The van der Waals surface area contributed by atoms with Crippen LogP contribution in [-0.2, 0) is 0 Å². The van der Waals surface area contributed by atoms with Gasteiger partial charge in [0.2, 0.25) is 0 Å². The second-order valence-electron chi connectivity index (χ2n) is 12.0. The van der Waals surface area contributed by atoms with Crippen LogP contribution in [0.3, 0.4) is 0 Å². The van der Waals surface area contributed by atoms with Crippen molar-refractivity contribution in [3.8, 4) is 44.9 Å². The molecule has 10 rings (SSSR count). The molecule has 0 spiro atoms. The summed E-state index contributed by atoms with van der Waals surface area (Å²) in [5.74, 6) is 1.83. The fourth-order valence-corrected chi connectivity index (χ4v) is 7.63. The van der Waals surface area contributed by atoms with Gasteiger partial charge >= 0.3 is 0 Å². The Bertz CT molecular complexity index is 2670. The lowest BCUT2D eigenvalue weighted by Gasteiger charge is -2.23. The summed E-state index contributed by atoms with van der Waals surface area (Å²) in [6, 6.07) is 57.3. The van der Waals surface area contributed by atoms with Crippen molar-refractivity contribution >= 4 is 53.9 Å². The second-order valence-corrected chi connectivity index (χ2v) is 12.0. The summed E-state index contributed by atoms with van der Waals surface area (Å²) in [5.41, 5.74) is 7.29. The smallest absolute Gasteiger partial charge is 0.136 e. The third-order valence-electron chi connectivity index (χ3n) is 9.60. The van der Waals surface area contributed by atoms with Gasteiger partial charge in [0.25, 0.3) is 0 Å². The van der Waals surface area contributed by atoms with E-state index in [4.69, 9.17) is 4.74 Å². The molecule has 0 N–H and O–H groups in total. The minimum Gasteiger partial charge on any atom is -0.456 e. The van der Waals surface area contributed by atoms with E-state index >= 15 is 0 Å². The molecule has 0 aliphatic carbocycles. The largest absolute Gasteiger partial charge is 0.456 e. The fraction of sp³-hybridized carbons (Fsp3) is 0. The third kappa shape index (κ3) is 3.56. The van der Waals surface area contributed by atoms with Crippen molar-refractivity contribution in [1.82, 2.24) is 0 Å². The normalized spacial score (nSPS) is 12.2. The summed E-state index contributed by atoms with van der Waals surface area (Å²) in [6.45, 7) is 0. The molecule has 0 radical (unpaired) electrons. The Morgan fingerprint density at radius 1 is 0.311 bits per heavy atom. The van der Waals surface area contributed by atoms with Crippen molar-refractivity contribution < 1.29 is 4.74 Å². The lowest BCUT2D eigenvalue weighted by atomic mass is 9.86. The number of hydrogen-bond acceptors (Lipinski definition) is 1. The Kier molecular flexibility index (Phi) is 5.06. The van der Waals surface area contributed by atoms with E-state index in [0.717, 1.165) is 17.1 Å². The Balaban J connectivity index is 1.26. The van der Waals surface area contributed by atoms with Crippen molar-refractivity contribution in [3.63, 3.8) is 0 Å². The van der Waals surface area contributed by atoms with Crippen LogP contribution in [0.2, 0.25) is 0 Å². The van der Waals surface area contributed by atoms with Gasteiger partial charge in [-0.3, -0.25) is 0 Å². The van der Waals surface area contributed by atoms with E-state index in [-0.39, 0.29) is 0 Å². The Morgan fingerprint density at radius 2 is 1.02 bits per heavy atom. The van der Waals surface area contributed by atoms with Crippen LogP contribution in [0.1, 0.15) is 0 Å². The lowest BCUT2D eigenvalue weighted by molar-refractivity contribution is 0.488. The number of hydrogen-bond donors (Lipinski definition) is 0. The number of rotatable bonds is 2. The first-order valence-electron chi connectivity index (χ1n) is 15.5. The topological polar surface area (TPSA) is 9.23 Å². The molecule has 0 unspecified atom stereocenters. The Morgan fingerprint density at radius 3 is 1.91 bits per heavy atom. The predicted molar refractivity (Wildman–Crippen MR) is 190 cm³/mol. The summed E-state index contributed by atoms with van der Waals surface area (Å²) in [6.07, 6.45) is 0. The molecular formula is C44H26O. The molecule has 9 aromatic carbocycles. The molecule has 0 aromatic heterocycles. The molecular weight excluding hydrogens is 544 g/mol. The fourth-order valence-electron chi connectivity index (χ4n) is 7.63. The van der Waals surface area contributed by atoms with Crippen LogP contribution in [0.4, 0.5) is 0 Å². The van der Waals surface area contributed by atoms with Crippen molar-refractivity contribution in [1.29, 1.82) is 0 Å². The van der Waals surface area contributed by atoms with Gasteiger partial charge in [-0.2, -0.15) is 0 Å². The molecule has 0 atom stereocenters. The zero-order valence-corrected chi connectivity index (χ0v) is 24.4. The van der Waals surface area contributed by atoms with Crippen LogP contribution in [-0.4, -0.2) is 0 Å². The summed E-state index contributed by atoms with van der Waals surface area (Å²) in [7, 11) is 0. The first-order chi connectivity index (χ1) is 22.3. The van der Waals surface area contributed by atoms with Crippen molar-refractivity contribution in [2.45, 2.75) is 0 Å². The van der Waals surface area contributed by atoms with Crippen LogP contribution in [0.25, 0.3) is 87.2 Å². The third-order valence-corrected chi connectivity index (χ3v) is 9.60. The van der Waals surface area contributed by atoms with Crippen LogP contribution in [0.5, 0.6) is 11.5 Å². The van der Waals surface area contributed by atoms with Crippen molar-refractivity contribution in [3.05, 3.63) is 158 Å². The van der Waals surface area contributed by atoms with E-state index in [1.54, 1.807) is 0 Å². The minimum absolute atomic E-state index is 0.900. The van der Waals surface area contributed by atoms with Crippen LogP contribution in [0, 0.1) is 0 Å². The molecule has 1 nitrogen and oxygen atoms in total. The van der Waals surface area contributed by atoms with Gasteiger partial charge in [0, 0.05) is 10.9 Å². The van der Waals surface area contributed by atoms with Crippen LogP contribution >= 0.6 is 0 Å². The van der Waals surface area contributed by atoms with Crippen LogP contribution < -0.4 is 4.74 Å². The molecule has 0 amide bonds. The Labute approximate surface area is 260 Å². The molecule has 1 aliphatic rings. The van der Waals surface area contributed by atoms with Gasteiger partial charge in [-0.05, 0) is 101 Å². The van der Waals surface area contributed by atoms with E-state index in [1.165, 1.54) is 81.7 Å². The SMILES string of the molecule is c1ccc(-c2c3ccccc3cc3c2ccc2cccc(-c4ccc5c(c4)-c4cccc6c4c(cc4ccccc46)O5)c23)cc1. The number of ether oxygens (including phenoxy) is 1. The summed E-state index contributed by atoms with van der Waals surface area (Å²) >= 11 is 0. The molecule has 0 saturated heterocycles. The van der Waals surface area contributed by atoms with Crippen molar-refractivity contribution in [2.75, 3.05) is 0 Å². The molecule has 0 fully saturated rings. The highest BCUT2D eigenvalue weighted by atomic mass is 16.5. The summed E-state index contributed by atoms with van der Waals surface area (Å²) in [4.78, 5) is 0. The van der Waals surface area contributed by atoms with E-state index in [2.05, 4.69) is 158 Å². The predicted octanol–water partition coefficient (Wildman–Crippen LogP) is 12.6. The van der Waals surface area contributed by atoms with E-state index < -0.39 is 0 Å². The van der Waals surface area contributed by atoms with Gasteiger partial charge in [-0.15, -0.1) is 0 Å². The molecule has 45 heavy (non-hydrogen) atoms. The maximum atomic E-state index is 6.62. The maximum Gasteiger partial charge on any atom is 0.136 e. The second kappa shape index (κ2) is 9.29. The average Bonchev–Trinajstić information content (AvgIpc) is 3.10. The highest BCUT2D eigenvalue weighted by Crippen LogP contribution is 2.50. The lowest BCUT2D eigenvalue weighted by Crippen LogP contribution is -1.98. The van der Waals surface area contributed by atoms with Crippen molar-refractivity contribution in [2.24, 2.45) is 0 Å². The minimum atomic E-state index is 0.900. The molecule has 1 heteroatoms. The maximum absolute atomic E-state index is 6.62. The molecule has 208 valence electrons. The highest BCUT2D eigenvalue weighted by molar-refractivity contribution is 6.23. The highest BCUT2D eigenvalue weighted by Gasteiger charge is 2.23. The quantitative estimate of drug-likeness (QED) is 0.148. The van der Waals surface area contributed by atoms with Gasteiger partial charge < -0.3 is 4.74 Å².